The van der Waals surface area contributed by atoms with Crippen molar-refractivity contribution in [2.24, 2.45) is 5.73 Å². The second-order valence-electron chi connectivity index (χ2n) is 3.99. The summed E-state index contributed by atoms with van der Waals surface area (Å²) in [5, 5.41) is 2.76. The molecule has 0 aliphatic carbocycles. The molecule has 3 N–H and O–H groups in total. The third-order valence-corrected chi connectivity index (χ3v) is 2.88. The summed E-state index contributed by atoms with van der Waals surface area (Å²) in [4.78, 5) is 22.6. The topological polar surface area (TPSA) is 72.2 Å². The summed E-state index contributed by atoms with van der Waals surface area (Å²) in [6.07, 6.45) is 0.983. The predicted molar refractivity (Wildman–Crippen MR) is 61.0 cm³/mol. The van der Waals surface area contributed by atoms with Crippen LogP contribution in [-0.4, -0.2) is 11.8 Å². The Morgan fingerprint density at radius 2 is 2.25 bits per heavy atom. The molecule has 84 valence electrons. The van der Waals surface area contributed by atoms with E-state index in [1.807, 2.05) is 18.2 Å². The van der Waals surface area contributed by atoms with Crippen LogP contribution < -0.4 is 11.1 Å². The first-order valence-electron chi connectivity index (χ1n) is 5.33. The van der Waals surface area contributed by atoms with E-state index in [1.165, 1.54) is 0 Å². The molecule has 1 aliphatic heterocycles. The Morgan fingerprint density at radius 1 is 1.50 bits per heavy atom. The van der Waals surface area contributed by atoms with Crippen molar-refractivity contribution >= 4 is 17.5 Å². The lowest BCUT2D eigenvalue weighted by molar-refractivity contribution is -0.123. The SMILES string of the molecule is CCc1ccc2c(c1)C(CC(N)=O)C(=O)N2. The third kappa shape index (κ3) is 1.78. The second-order valence-corrected chi connectivity index (χ2v) is 3.99. The van der Waals surface area contributed by atoms with Gasteiger partial charge >= 0.3 is 0 Å². The Labute approximate surface area is 93.8 Å². The zero-order valence-electron chi connectivity index (χ0n) is 9.12. The highest BCUT2D eigenvalue weighted by atomic mass is 16.2. The van der Waals surface area contributed by atoms with Crippen LogP contribution >= 0.6 is 0 Å². The van der Waals surface area contributed by atoms with Crippen molar-refractivity contribution in [2.75, 3.05) is 5.32 Å². The lowest BCUT2D eigenvalue weighted by atomic mass is 9.95. The summed E-state index contributed by atoms with van der Waals surface area (Å²) in [5.74, 6) is -1.00. The van der Waals surface area contributed by atoms with Gasteiger partial charge in [-0.2, -0.15) is 0 Å². The van der Waals surface area contributed by atoms with Crippen LogP contribution in [-0.2, 0) is 16.0 Å². The number of nitrogens with one attached hydrogen (secondary N) is 1. The van der Waals surface area contributed by atoms with Crippen molar-refractivity contribution < 1.29 is 9.59 Å². The summed E-state index contributed by atoms with van der Waals surface area (Å²) >= 11 is 0. The minimum atomic E-state index is -0.449. The van der Waals surface area contributed by atoms with Crippen molar-refractivity contribution in [3.05, 3.63) is 29.3 Å². The zero-order valence-corrected chi connectivity index (χ0v) is 9.12. The minimum Gasteiger partial charge on any atom is -0.370 e. The van der Waals surface area contributed by atoms with E-state index in [9.17, 15) is 9.59 Å². The molecule has 16 heavy (non-hydrogen) atoms. The molecule has 4 nitrogen and oxygen atoms in total. The van der Waals surface area contributed by atoms with Crippen LogP contribution in [0.25, 0.3) is 0 Å². The van der Waals surface area contributed by atoms with Gasteiger partial charge in [0.15, 0.2) is 0 Å². The number of rotatable bonds is 3. The number of benzene rings is 1. The second kappa shape index (κ2) is 3.96. The van der Waals surface area contributed by atoms with Crippen LogP contribution in [0.15, 0.2) is 18.2 Å². The van der Waals surface area contributed by atoms with Gasteiger partial charge in [0.05, 0.1) is 5.92 Å². The van der Waals surface area contributed by atoms with E-state index in [-0.39, 0.29) is 12.3 Å². The molecule has 0 fully saturated rings. The van der Waals surface area contributed by atoms with Crippen LogP contribution in [0.2, 0.25) is 0 Å². The van der Waals surface area contributed by atoms with Crippen molar-refractivity contribution in [3.8, 4) is 0 Å². The molecule has 0 saturated carbocycles. The lowest BCUT2D eigenvalue weighted by Crippen LogP contribution is -2.20. The number of hydrogen-bond acceptors (Lipinski definition) is 2. The number of hydrogen-bond donors (Lipinski definition) is 2. The van der Waals surface area contributed by atoms with Crippen LogP contribution in [0.4, 0.5) is 5.69 Å². The first-order valence-corrected chi connectivity index (χ1v) is 5.33. The molecule has 1 aromatic carbocycles. The average Bonchev–Trinajstić information content (AvgIpc) is 2.54. The van der Waals surface area contributed by atoms with Gasteiger partial charge in [-0.1, -0.05) is 19.1 Å². The summed E-state index contributed by atoms with van der Waals surface area (Å²) in [6, 6.07) is 5.83. The number of carbonyl (C=O) groups is 2. The highest BCUT2D eigenvalue weighted by Crippen LogP contribution is 2.35. The number of nitrogens with two attached hydrogens (primary N) is 1. The summed E-state index contributed by atoms with van der Waals surface area (Å²) in [6.45, 7) is 2.05. The van der Waals surface area contributed by atoms with Crippen LogP contribution in [0, 0.1) is 0 Å². The molecule has 2 amide bonds. The smallest absolute Gasteiger partial charge is 0.232 e. The predicted octanol–water partition coefficient (Wildman–Crippen LogP) is 1.16. The fourth-order valence-electron chi connectivity index (χ4n) is 2.00. The number of amides is 2. The van der Waals surface area contributed by atoms with Crippen LogP contribution in [0.3, 0.4) is 0 Å². The van der Waals surface area contributed by atoms with E-state index < -0.39 is 11.8 Å². The highest BCUT2D eigenvalue weighted by Gasteiger charge is 2.31. The van der Waals surface area contributed by atoms with Crippen molar-refractivity contribution in [3.63, 3.8) is 0 Å². The van der Waals surface area contributed by atoms with Gasteiger partial charge in [-0.15, -0.1) is 0 Å². The van der Waals surface area contributed by atoms with Crippen molar-refractivity contribution in [1.82, 2.24) is 0 Å². The van der Waals surface area contributed by atoms with Gasteiger partial charge in [0.1, 0.15) is 0 Å². The standard InChI is InChI=1S/C12H14N2O2/c1-2-7-3-4-10-8(5-7)9(6-11(13)15)12(16)14-10/h3-5,9H,2,6H2,1H3,(H2,13,15)(H,14,16). The lowest BCUT2D eigenvalue weighted by Gasteiger charge is -2.07. The number of primary amides is 1. The summed E-state index contributed by atoms with van der Waals surface area (Å²) < 4.78 is 0. The number of fused-ring (bicyclic) bond motifs is 1. The minimum absolute atomic E-state index is 0.0754. The van der Waals surface area contributed by atoms with Gasteiger partial charge in [-0.3, -0.25) is 9.59 Å². The molecule has 0 radical (unpaired) electrons. The third-order valence-electron chi connectivity index (χ3n) is 2.88. The van der Waals surface area contributed by atoms with E-state index in [0.29, 0.717) is 0 Å². The van der Waals surface area contributed by atoms with Gasteiger partial charge in [-0.25, -0.2) is 0 Å². The normalized spacial score (nSPS) is 18.1. The fourth-order valence-corrected chi connectivity index (χ4v) is 2.00. The van der Waals surface area contributed by atoms with E-state index in [4.69, 9.17) is 5.73 Å². The van der Waals surface area contributed by atoms with Crippen molar-refractivity contribution in [2.45, 2.75) is 25.7 Å². The molecule has 0 saturated heterocycles. The molecule has 1 aliphatic rings. The summed E-state index contributed by atoms with van der Waals surface area (Å²) in [7, 11) is 0. The molecule has 0 aromatic heterocycles. The molecular formula is C12H14N2O2. The van der Waals surface area contributed by atoms with Gasteiger partial charge in [-0.05, 0) is 23.6 Å². The maximum Gasteiger partial charge on any atom is 0.232 e. The zero-order chi connectivity index (χ0) is 11.7. The van der Waals surface area contributed by atoms with Gasteiger partial charge in [0.2, 0.25) is 11.8 Å². The largest absolute Gasteiger partial charge is 0.370 e. The number of carbonyl (C=O) groups excluding carboxylic acids is 2. The van der Waals surface area contributed by atoms with Crippen LogP contribution in [0.1, 0.15) is 30.4 Å². The van der Waals surface area contributed by atoms with E-state index >= 15 is 0 Å². The Hall–Kier alpha value is -1.84. The van der Waals surface area contributed by atoms with Crippen molar-refractivity contribution in [1.29, 1.82) is 0 Å². The molecule has 1 heterocycles. The average molecular weight is 218 g/mol. The molecule has 1 unspecified atom stereocenters. The first kappa shape index (κ1) is 10.7. The molecule has 0 spiro atoms. The van der Waals surface area contributed by atoms with Gasteiger partial charge in [0.25, 0.3) is 0 Å². The van der Waals surface area contributed by atoms with Crippen LogP contribution in [0.5, 0.6) is 0 Å². The van der Waals surface area contributed by atoms with Gasteiger partial charge in [0, 0.05) is 12.1 Å². The fraction of sp³-hybridized carbons (Fsp3) is 0.333. The Morgan fingerprint density at radius 3 is 2.88 bits per heavy atom. The molecule has 4 heteroatoms. The number of aryl methyl sites for hydroxylation is 1. The van der Waals surface area contributed by atoms with E-state index in [1.54, 1.807) is 0 Å². The van der Waals surface area contributed by atoms with E-state index in [2.05, 4.69) is 12.2 Å². The van der Waals surface area contributed by atoms with Gasteiger partial charge < -0.3 is 11.1 Å². The summed E-state index contributed by atoms with van der Waals surface area (Å²) in [5.41, 5.74) is 7.99. The van der Waals surface area contributed by atoms with E-state index in [0.717, 1.165) is 23.2 Å². The quantitative estimate of drug-likeness (QED) is 0.799. The molecular weight excluding hydrogens is 204 g/mol. The maximum atomic E-state index is 11.6. The monoisotopic (exact) mass is 218 g/mol. The Bertz CT molecular complexity index is 454. The Kier molecular flexibility index (Phi) is 2.64. The molecule has 1 aromatic rings. The first-order chi connectivity index (χ1) is 7.61. The molecule has 2 rings (SSSR count). The highest BCUT2D eigenvalue weighted by molar-refractivity contribution is 6.04. The maximum absolute atomic E-state index is 11.6. The molecule has 1 atom stereocenters. The molecule has 0 bridgehead atoms. The number of anilines is 1. The Balaban J connectivity index is 2.37.